The summed E-state index contributed by atoms with van der Waals surface area (Å²) >= 11 is 0. The number of amides is 1. The summed E-state index contributed by atoms with van der Waals surface area (Å²) in [6, 6.07) is 6.95. The lowest BCUT2D eigenvalue weighted by Gasteiger charge is -2.39. The average molecular weight is 352 g/mol. The molecule has 8 heteroatoms. The molecule has 0 unspecified atom stereocenters. The van der Waals surface area contributed by atoms with E-state index in [2.05, 4.69) is 0 Å². The Morgan fingerprint density at radius 2 is 2.00 bits per heavy atom. The summed E-state index contributed by atoms with van der Waals surface area (Å²) in [5, 5.41) is -0.548. The third-order valence-corrected chi connectivity index (χ3v) is 7.60. The third-order valence-electron chi connectivity index (χ3n) is 5.26. The monoisotopic (exact) mass is 352 g/mol. The van der Waals surface area contributed by atoms with Gasteiger partial charge in [-0.05, 0) is 30.7 Å². The second kappa shape index (κ2) is 5.18. The minimum Gasteiger partial charge on any atom is -0.497 e. The van der Waals surface area contributed by atoms with Gasteiger partial charge in [-0.3, -0.25) is 4.79 Å². The fourth-order valence-corrected chi connectivity index (χ4v) is 6.17. The Kier molecular flexibility index (Phi) is 3.42. The molecule has 24 heavy (non-hydrogen) atoms. The summed E-state index contributed by atoms with van der Waals surface area (Å²) in [5.41, 5.74) is -0.224. The number of carbonyl (C=O) groups excluding carboxylic acids is 1. The smallest absolute Gasteiger partial charge is 0.254 e. The summed E-state index contributed by atoms with van der Waals surface area (Å²) in [6.07, 6.45) is 0.244. The predicted octanol–water partition coefficient (Wildman–Crippen LogP) is 0.323. The number of sulfonamides is 1. The number of benzene rings is 1. The molecule has 0 aromatic heterocycles. The molecular formula is C16H20N2O5S. The van der Waals surface area contributed by atoms with Crippen LogP contribution >= 0.6 is 0 Å². The van der Waals surface area contributed by atoms with Crippen LogP contribution < -0.4 is 4.74 Å². The summed E-state index contributed by atoms with van der Waals surface area (Å²) in [4.78, 5) is 14.5. The molecule has 130 valence electrons. The first-order valence-electron chi connectivity index (χ1n) is 7.92. The number of methoxy groups -OCH3 is 1. The second-order valence-electron chi connectivity index (χ2n) is 6.74. The number of likely N-dealkylation sites (tertiary alicyclic amines) is 1. The van der Waals surface area contributed by atoms with E-state index in [4.69, 9.17) is 9.47 Å². The molecule has 7 nitrogen and oxygen atoms in total. The van der Waals surface area contributed by atoms with Crippen molar-refractivity contribution in [2.45, 2.75) is 23.4 Å². The molecule has 3 aliphatic rings. The fraction of sp³-hybridized carbons (Fsp3) is 0.562. The second-order valence-corrected chi connectivity index (χ2v) is 8.97. The summed E-state index contributed by atoms with van der Waals surface area (Å²) in [6.45, 7) is 1.05. The number of morpholine rings is 1. The Morgan fingerprint density at radius 1 is 1.29 bits per heavy atom. The minimum atomic E-state index is -3.33. The van der Waals surface area contributed by atoms with E-state index in [1.165, 1.54) is 4.31 Å². The van der Waals surface area contributed by atoms with Gasteiger partial charge in [0, 0.05) is 25.7 Å². The third kappa shape index (κ3) is 2.17. The molecule has 0 N–H and O–H groups in total. The zero-order valence-corrected chi connectivity index (χ0v) is 14.5. The van der Waals surface area contributed by atoms with Crippen LogP contribution in [-0.2, 0) is 14.8 Å². The first kappa shape index (κ1) is 15.9. The molecule has 1 aromatic carbocycles. The number of fused-ring (bicyclic) bond motifs is 1. The molecule has 3 saturated heterocycles. The molecule has 4 rings (SSSR count). The maximum absolute atomic E-state index is 12.8. The average Bonchev–Trinajstić information content (AvgIpc) is 2.93. The molecule has 3 aliphatic heterocycles. The normalized spacial score (nSPS) is 34.2. The van der Waals surface area contributed by atoms with E-state index in [1.807, 2.05) is 0 Å². The SMILES string of the molecule is COc1ccc(C(=O)N2C[C@H]3C[C@H]4[C@](C2)(CN(C)S4(=O)=O)O3)cc1. The van der Waals surface area contributed by atoms with Crippen molar-refractivity contribution in [1.82, 2.24) is 9.21 Å². The highest BCUT2D eigenvalue weighted by molar-refractivity contribution is 7.90. The Balaban J connectivity index is 1.60. The van der Waals surface area contributed by atoms with E-state index in [-0.39, 0.29) is 12.0 Å². The summed E-state index contributed by atoms with van der Waals surface area (Å²) < 4.78 is 37.4. The number of ether oxygens (including phenoxy) is 2. The lowest BCUT2D eigenvalue weighted by atomic mass is 9.99. The van der Waals surface area contributed by atoms with Gasteiger partial charge in [-0.2, -0.15) is 0 Å². The fourth-order valence-electron chi connectivity index (χ4n) is 4.13. The van der Waals surface area contributed by atoms with Crippen molar-refractivity contribution in [3.05, 3.63) is 29.8 Å². The first-order valence-corrected chi connectivity index (χ1v) is 9.42. The lowest BCUT2D eigenvalue weighted by Crippen LogP contribution is -2.56. The number of rotatable bonds is 2. The van der Waals surface area contributed by atoms with E-state index >= 15 is 0 Å². The molecule has 3 fully saturated rings. The van der Waals surface area contributed by atoms with Gasteiger partial charge in [0.1, 0.15) is 16.6 Å². The van der Waals surface area contributed by atoms with Crippen LogP contribution in [0.5, 0.6) is 5.75 Å². The van der Waals surface area contributed by atoms with Crippen LogP contribution in [0.1, 0.15) is 16.8 Å². The van der Waals surface area contributed by atoms with E-state index in [0.29, 0.717) is 37.4 Å². The van der Waals surface area contributed by atoms with Crippen LogP contribution in [0, 0.1) is 0 Å². The van der Waals surface area contributed by atoms with E-state index in [9.17, 15) is 13.2 Å². The Hall–Kier alpha value is -1.64. The van der Waals surface area contributed by atoms with Crippen molar-refractivity contribution in [3.63, 3.8) is 0 Å². The van der Waals surface area contributed by atoms with Gasteiger partial charge in [-0.1, -0.05) is 0 Å². The quantitative estimate of drug-likeness (QED) is 0.766. The van der Waals surface area contributed by atoms with Crippen molar-refractivity contribution >= 4 is 15.9 Å². The number of hydrogen-bond donors (Lipinski definition) is 0. The van der Waals surface area contributed by atoms with E-state index in [0.717, 1.165) is 0 Å². The number of carbonyl (C=O) groups is 1. The van der Waals surface area contributed by atoms with Gasteiger partial charge in [0.25, 0.3) is 5.91 Å². The molecule has 1 spiro atoms. The minimum absolute atomic E-state index is 0.0991. The van der Waals surface area contributed by atoms with Crippen LogP contribution in [0.4, 0.5) is 0 Å². The molecule has 1 aromatic rings. The maximum atomic E-state index is 12.8. The summed E-state index contributed by atoms with van der Waals surface area (Å²) in [5.74, 6) is 0.591. The molecule has 0 aliphatic carbocycles. The molecule has 3 heterocycles. The highest BCUT2D eigenvalue weighted by atomic mass is 32.2. The molecule has 2 bridgehead atoms. The van der Waals surface area contributed by atoms with Gasteiger partial charge in [0.05, 0.1) is 19.8 Å². The molecule has 0 saturated carbocycles. The van der Waals surface area contributed by atoms with Crippen molar-refractivity contribution in [3.8, 4) is 5.75 Å². The van der Waals surface area contributed by atoms with Crippen LogP contribution in [0.15, 0.2) is 24.3 Å². The summed E-state index contributed by atoms with van der Waals surface area (Å²) in [7, 11) is -0.184. The molecule has 1 amide bonds. The predicted molar refractivity (Wildman–Crippen MR) is 86.5 cm³/mol. The van der Waals surface area contributed by atoms with Gasteiger partial charge in [-0.25, -0.2) is 12.7 Å². The van der Waals surface area contributed by atoms with Gasteiger partial charge in [0.15, 0.2) is 0 Å². The zero-order chi connectivity index (χ0) is 17.1. The maximum Gasteiger partial charge on any atom is 0.254 e. The molecule has 3 atom stereocenters. The largest absolute Gasteiger partial charge is 0.497 e. The van der Waals surface area contributed by atoms with Crippen LogP contribution in [0.25, 0.3) is 0 Å². The zero-order valence-electron chi connectivity index (χ0n) is 13.6. The van der Waals surface area contributed by atoms with Crippen LogP contribution in [0.2, 0.25) is 0 Å². The highest BCUT2D eigenvalue weighted by Crippen LogP contribution is 2.46. The van der Waals surface area contributed by atoms with Crippen LogP contribution in [-0.4, -0.2) is 74.3 Å². The Morgan fingerprint density at radius 3 is 2.67 bits per heavy atom. The van der Waals surface area contributed by atoms with Crippen molar-refractivity contribution < 1.29 is 22.7 Å². The first-order chi connectivity index (χ1) is 11.4. The van der Waals surface area contributed by atoms with Crippen molar-refractivity contribution in [2.75, 3.05) is 33.8 Å². The Bertz CT molecular complexity index is 778. The van der Waals surface area contributed by atoms with Crippen LogP contribution in [0.3, 0.4) is 0 Å². The van der Waals surface area contributed by atoms with Gasteiger partial charge in [0.2, 0.25) is 10.0 Å². The number of likely N-dealkylation sites (N-methyl/N-ethyl adjacent to an activating group) is 1. The van der Waals surface area contributed by atoms with Gasteiger partial charge >= 0.3 is 0 Å². The van der Waals surface area contributed by atoms with E-state index in [1.54, 1.807) is 43.3 Å². The molecule has 0 radical (unpaired) electrons. The van der Waals surface area contributed by atoms with E-state index < -0.39 is 20.9 Å². The highest BCUT2D eigenvalue weighted by Gasteiger charge is 2.64. The lowest BCUT2D eigenvalue weighted by molar-refractivity contribution is -0.0966. The standard InChI is InChI=1S/C16H20N2O5S/c1-17-9-16-10-18(8-13(23-16)7-14(16)24(17,20)21)15(19)11-3-5-12(22-2)6-4-11/h3-6,13-14H,7-10H2,1-2H3/t13-,14+,16-/m1/s1. The topological polar surface area (TPSA) is 76.2 Å². The molecular weight excluding hydrogens is 332 g/mol. The number of hydrogen-bond acceptors (Lipinski definition) is 5. The van der Waals surface area contributed by atoms with Crippen molar-refractivity contribution in [1.29, 1.82) is 0 Å². The van der Waals surface area contributed by atoms with Gasteiger partial charge in [-0.15, -0.1) is 0 Å². The Labute approximate surface area is 141 Å². The number of nitrogens with zero attached hydrogens (tertiary/aromatic N) is 2. The van der Waals surface area contributed by atoms with Gasteiger partial charge < -0.3 is 14.4 Å². The van der Waals surface area contributed by atoms with Crippen molar-refractivity contribution in [2.24, 2.45) is 0 Å².